The maximum atomic E-state index is 5.98. The molecule has 0 amide bonds. The first-order chi connectivity index (χ1) is 9.25. The lowest BCUT2D eigenvalue weighted by Gasteiger charge is -2.07. The second kappa shape index (κ2) is 4.93. The van der Waals surface area contributed by atoms with Gasteiger partial charge in [-0.25, -0.2) is 4.98 Å². The smallest absolute Gasteiger partial charge is 0.167 e. The van der Waals surface area contributed by atoms with Crippen LogP contribution in [0.4, 0.5) is 5.69 Å². The monoisotopic (exact) mass is 270 g/mol. The van der Waals surface area contributed by atoms with Crippen LogP contribution in [0, 0.1) is 0 Å². The Balaban J connectivity index is 1.93. The molecule has 0 bridgehead atoms. The predicted octanol–water partition coefficient (Wildman–Crippen LogP) is 2.84. The summed E-state index contributed by atoms with van der Waals surface area (Å²) in [4.78, 5) is 8.75. The van der Waals surface area contributed by atoms with Crippen LogP contribution in [0.1, 0.15) is 5.56 Å². The molecule has 3 rings (SSSR count). The summed E-state index contributed by atoms with van der Waals surface area (Å²) in [5.74, 6) is 0.832. The van der Waals surface area contributed by atoms with E-state index in [1.807, 2.05) is 48.3 Å². The average molecular weight is 270 g/mol. The van der Waals surface area contributed by atoms with Crippen LogP contribution in [0.5, 0.6) is 0 Å². The standard InChI is InChI=1S/C14H14N4S/c1-18-8-7-17-14(18)19-9-10-4-5-12(15)11-3-2-6-16-13(10)11/h2-8H,9,15H2,1H3. The summed E-state index contributed by atoms with van der Waals surface area (Å²) in [5.41, 5.74) is 8.90. The molecule has 0 saturated heterocycles. The number of thioether (sulfide) groups is 1. The van der Waals surface area contributed by atoms with Gasteiger partial charge in [0.2, 0.25) is 0 Å². The van der Waals surface area contributed by atoms with E-state index in [2.05, 4.69) is 9.97 Å². The third-order valence-electron chi connectivity index (χ3n) is 3.02. The van der Waals surface area contributed by atoms with Crippen molar-refractivity contribution in [1.82, 2.24) is 14.5 Å². The van der Waals surface area contributed by atoms with E-state index in [0.29, 0.717) is 0 Å². The number of nitrogens with two attached hydrogens (primary N) is 1. The molecule has 2 heterocycles. The van der Waals surface area contributed by atoms with Gasteiger partial charge in [-0.2, -0.15) is 0 Å². The van der Waals surface area contributed by atoms with Crippen molar-refractivity contribution in [2.45, 2.75) is 10.9 Å². The highest BCUT2D eigenvalue weighted by Gasteiger charge is 2.07. The second-order valence-corrected chi connectivity index (χ2v) is 5.27. The van der Waals surface area contributed by atoms with Gasteiger partial charge in [0.1, 0.15) is 0 Å². The largest absolute Gasteiger partial charge is 0.398 e. The number of anilines is 1. The predicted molar refractivity (Wildman–Crippen MR) is 78.9 cm³/mol. The summed E-state index contributed by atoms with van der Waals surface area (Å²) < 4.78 is 2.01. The van der Waals surface area contributed by atoms with Gasteiger partial charge in [0, 0.05) is 42.5 Å². The van der Waals surface area contributed by atoms with Gasteiger partial charge in [0.05, 0.1) is 5.52 Å². The van der Waals surface area contributed by atoms with E-state index < -0.39 is 0 Å². The fraction of sp³-hybridized carbons (Fsp3) is 0.143. The molecule has 1 aromatic carbocycles. The molecule has 4 nitrogen and oxygen atoms in total. The molecule has 19 heavy (non-hydrogen) atoms. The minimum Gasteiger partial charge on any atom is -0.398 e. The van der Waals surface area contributed by atoms with Gasteiger partial charge >= 0.3 is 0 Å². The molecule has 0 saturated carbocycles. The van der Waals surface area contributed by atoms with Crippen molar-refractivity contribution in [2.24, 2.45) is 7.05 Å². The molecule has 0 radical (unpaired) electrons. The molecule has 0 aliphatic carbocycles. The number of hydrogen-bond donors (Lipinski definition) is 1. The van der Waals surface area contributed by atoms with Crippen molar-refractivity contribution in [2.75, 3.05) is 5.73 Å². The number of rotatable bonds is 3. The van der Waals surface area contributed by atoms with Crippen molar-refractivity contribution in [3.8, 4) is 0 Å². The fourth-order valence-electron chi connectivity index (χ4n) is 2.00. The van der Waals surface area contributed by atoms with Crippen molar-refractivity contribution >= 4 is 28.4 Å². The van der Waals surface area contributed by atoms with Crippen LogP contribution < -0.4 is 5.73 Å². The lowest BCUT2D eigenvalue weighted by atomic mass is 10.1. The third-order valence-corrected chi connectivity index (χ3v) is 4.13. The Kier molecular flexibility index (Phi) is 3.13. The van der Waals surface area contributed by atoms with Gasteiger partial charge < -0.3 is 10.3 Å². The van der Waals surface area contributed by atoms with Crippen molar-refractivity contribution in [3.05, 3.63) is 48.4 Å². The normalized spacial score (nSPS) is 11.0. The summed E-state index contributed by atoms with van der Waals surface area (Å²) in [7, 11) is 1.99. The van der Waals surface area contributed by atoms with Crippen LogP contribution in [0.25, 0.3) is 10.9 Å². The first kappa shape index (κ1) is 12.0. The molecular weight excluding hydrogens is 256 g/mol. The van der Waals surface area contributed by atoms with E-state index in [4.69, 9.17) is 5.73 Å². The number of nitrogens with zero attached hydrogens (tertiary/aromatic N) is 3. The lowest BCUT2D eigenvalue weighted by Crippen LogP contribution is -1.94. The van der Waals surface area contributed by atoms with Crippen LogP contribution in [0.3, 0.4) is 0 Å². The van der Waals surface area contributed by atoms with Gasteiger partial charge in [0.25, 0.3) is 0 Å². The Morgan fingerprint density at radius 2 is 2.11 bits per heavy atom. The minimum absolute atomic E-state index is 0.772. The number of nitrogen functional groups attached to an aromatic ring is 1. The van der Waals surface area contributed by atoms with E-state index in [1.165, 1.54) is 5.56 Å². The molecule has 0 aliphatic rings. The maximum Gasteiger partial charge on any atom is 0.167 e. The molecule has 5 heteroatoms. The summed E-state index contributed by atoms with van der Waals surface area (Å²) >= 11 is 1.70. The van der Waals surface area contributed by atoms with Gasteiger partial charge in [0.15, 0.2) is 5.16 Å². The first-order valence-corrected chi connectivity index (χ1v) is 6.96. The van der Waals surface area contributed by atoms with Crippen molar-refractivity contribution in [3.63, 3.8) is 0 Å². The highest BCUT2D eigenvalue weighted by atomic mass is 32.2. The molecule has 2 aromatic heterocycles. The summed E-state index contributed by atoms with van der Waals surface area (Å²) in [6.45, 7) is 0. The number of aromatic nitrogens is 3. The molecule has 3 aromatic rings. The molecule has 0 atom stereocenters. The zero-order chi connectivity index (χ0) is 13.2. The first-order valence-electron chi connectivity index (χ1n) is 5.98. The molecule has 96 valence electrons. The number of imidazole rings is 1. The summed E-state index contributed by atoms with van der Waals surface area (Å²) in [5, 5.41) is 2.02. The van der Waals surface area contributed by atoms with Gasteiger partial charge in [-0.1, -0.05) is 17.8 Å². The SMILES string of the molecule is Cn1ccnc1SCc1ccc(N)c2cccnc12. The number of fused-ring (bicyclic) bond motifs is 1. The zero-order valence-electron chi connectivity index (χ0n) is 10.6. The zero-order valence-corrected chi connectivity index (χ0v) is 11.4. The molecule has 2 N–H and O–H groups in total. The summed E-state index contributed by atoms with van der Waals surface area (Å²) in [6, 6.07) is 7.90. The van der Waals surface area contributed by atoms with E-state index in [9.17, 15) is 0 Å². The van der Waals surface area contributed by atoms with Crippen molar-refractivity contribution < 1.29 is 0 Å². The molecule has 0 unspecified atom stereocenters. The number of aryl methyl sites for hydroxylation is 1. The van der Waals surface area contributed by atoms with Gasteiger partial charge in [-0.3, -0.25) is 4.98 Å². The molecule has 0 spiro atoms. The number of hydrogen-bond acceptors (Lipinski definition) is 4. The molecular formula is C14H14N4S. The number of pyridine rings is 1. The second-order valence-electron chi connectivity index (χ2n) is 4.32. The average Bonchev–Trinajstić information content (AvgIpc) is 2.84. The molecule has 0 aliphatic heterocycles. The van der Waals surface area contributed by atoms with E-state index in [-0.39, 0.29) is 0 Å². The molecule has 0 fully saturated rings. The maximum absolute atomic E-state index is 5.98. The Morgan fingerprint density at radius 1 is 1.21 bits per heavy atom. The van der Waals surface area contributed by atoms with Crippen LogP contribution in [-0.4, -0.2) is 14.5 Å². The topological polar surface area (TPSA) is 56.7 Å². The van der Waals surface area contributed by atoms with Gasteiger partial charge in [-0.05, 0) is 23.8 Å². The Bertz CT molecular complexity index is 720. The minimum atomic E-state index is 0.772. The fourth-order valence-corrected chi connectivity index (χ4v) is 2.92. The van der Waals surface area contributed by atoms with Crippen molar-refractivity contribution in [1.29, 1.82) is 0 Å². The third kappa shape index (κ3) is 2.29. The Morgan fingerprint density at radius 3 is 2.89 bits per heavy atom. The number of benzene rings is 1. The van der Waals surface area contributed by atoms with E-state index in [1.54, 1.807) is 18.0 Å². The van der Waals surface area contributed by atoms with Crippen LogP contribution >= 0.6 is 11.8 Å². The van der Waals surface area contributed by atoms with Gasteiger partial charge in [-0.15, -0.1) is 0 Å². The quantitative estimate of drug-likeness (QED) is 0.587. The lowest BCUT2D eigenvalue weighted by molar-refractivity contribution is 0.790. The summed E-state index contributed by atoms with van der Waals surface area (Å²) in [6.07, 6.45) is 5.56. The Labute approximate surface area is 115 Å². The Hall–Kier alpha value is -2.01. The highest BCUT2D eigenvalue weighted by molar-refractivity contribution is 7.98. The van der Waals surface area contributed by atoms with Crippen LogP contribution in [0.2, 0.25) is 0 Å². The highest BCUT2D eigenvalue weighted by Crippen LogP contribution is 2.27. The van der Waals surface area contributed by atoms with E-state index >= 15 is 0 Å². The van der Waals surface area contributed by atoms with Crippen LogP contribution in [0.15, 0.2) is 48.0 Å². The van der Waals surface area contributed by atoms with E-state index in [0.717, 1.165) is 27.5 Å². The van der Waals surface area contributed by atoms with Crippen LogP contribution in [-0.2, 0) is 12.8 Å².